The minimum absolute atomic E-state index is 0.0949. The Morgan fingerprint density at radius 1 is 1.15 bits per heavy atom. The number of carboxylic acid groups (broad SMARTS) is 1. The third kappa shape index (κ3) is 9.41. The molecule has 15 heteroatoms. The van der Waals surface area contributed by atoms with E-state index in [0.717, 1.165) is 43.4 Å². The number of alkyl halides is 3. The van der Waals surface area contributed by atoms with Crippen LogP contribution in [0.25, 0.3) is 0 Å². The Morgan fingerprint density at radius 3 is 2.38 bits per heavy atom. The first-order valence-corrected chi connectivity index (χ1v) is 15.9. The second-order valence-corrected chi connectivity index (χ2v) is 13.2. The highest BCUT2D eigenvalue weighted by molar-refractivity contribution is 5.97. The molecule has 2 fully saturated rings. The highest BCUT2D eigenvalue weighted by Gasteiger charge is 2.61. The summed E-state index contributed by atoms with van der Waals surface area (Å²) in [6.45, 7) is 10.4. The van der Waals surface area contributed by atoms with E-state index in [9.17, 15) is 42.3 Å². The third-order valence-corrected chi connectivity index (χ3v) is 8.35. The molecule has 1 heterocycles. The van der Waals surface area contributed by atoms with E-state index in [2.05, 4.69) is 22.5 Å². The van der Waals surface area contributed by atoms with E-state index in [0.29, 0.717) is 12.5 Å². The van der Waals surface area contributed by atoms with Gasteiger partial charge in [-0.1, -0.05) is 38.7 Å². The quantitative estimate of drug-likeness (QED) is 0.166. The van der Waals surface area contributed by atoms with Crippen LogP contribution in [0.15, 0.2) is 30.9 Å². The molecule has 1 aliphatic carbocycles. The molecule has 48 heavy (non-hydrogen) atoms. The topological polar surface area (TPSA) is 163 Å². The van der Waals surface area contributed by atoms with Crippen LogP contribution in [0.5, 0.6) is 5.75 Å². The molecule has 1 aromatic rings. The van der Waals surface area contributed by atoms with Gasteiger partial charge >= 0.3 is 18.2 Å². The summed E-state index contributed by atoms with van der Waals surface area (Å²) in [5.74, 6) is -4.63. The molecule has 1 saturated heterocycles. The van der Waals surface area contributed by atoms with E-state index < -0.39 is 82.5 Å². The number of benzene rings is 1. The lowest BCUT2D eigenvalue weighted by Crippen LogP contribution is -2.56. The van der Waals surface area contributed by atoms with Gasteiger partial charge in [0.2, 0.25) is 11.8 Å². The number of methoxy groups -OCH3 is 1. The summed E-state index contributed by atoms with van der Waals surface area (Å²) in [6, 6.07) is -0.487. The van der Waals surface area contributed by atoms with Crippen LogP contribution in [0.3, 0.4) is 0 Å². The number of carboxylic acids is 1. The number of aliphatic carboxylic acids is 1. The number of carbonyl (C=O) groups is 5. The Labute approximate surface area is 277 Å². The minimum Gasteiger partial charge on any atom is -0.496 e. The molecule has 4 N–H and O–H groups in total. The van der Waals surface area contributed by atoms with E-state index in [4.69, 9.17) is 9.47 Å². The molecule has 12 nitrogen and oxygen atoms in total. The van der Waals surface area contributed by atoms with Crippen molar-refractivity contribution in [1.82, 2.24) is 20.9 Å². The SMILES string of the molecule is C=C[C@@H]1C[C@]1(NC(=O)[C@@H]1C[C@@H](NC(=O)c2ccc(OC)c(C(F)(F)F)c2)CN1C(=O)[C@H](CCCCCC)NC(=O)OC(C)(C)C)C(=O)O. The molecular weight excluding hydrogens is 637 g/mol. The summed E-state index contributed by atoms with van der Waals surface area (Å²) in [7, 11) is 1.07. The molecule has 1 aromatic carbocycles. The van der Waals surface area contributed by atoms with Gasteiger partial charge in [0.05, 0.1) is 12.7 Å². The molecule has 0 bridgehead atoms. The van der Waals surface area contributed by atoms with Gasteiger partial charge < -0.3 is 35.4 Å². The van der Waals surface area contributed by atoms with Crippen molar-refractivity contribution < 1.29 is 51.7 Å². The van der Waals surface area contributed by atoms with Crippen molar-refractivity contribution in [2.24, 2.45) is 5.92 Å². The number of ether oxygens (including phenoxy) is 2. The number of alkyl carbamates (subject to hydrolysis) is 1. The molecule has 0 spiro atoms. The zero-order valence-electron chi connectivity index (χ0n) is 27.9. The molecule has 1 aliphatic heterocycles. The highest BCUT2D eigenvalue weighted by Crippen LogP contribution is 2.45. The number of hydrogen-bond acceptors (Lipinski definition) is 7. The summed E-state index contributed by atoms with van der Waals surface area (Å²) < 4.78 is 51.0. The summed E-state index contributed by atoms with van der Waals surface area (Å²) in [5, 5.41) is 17.6. The summed E-state index contributed by atoms with van der Waals surface area (Å²) in [4.78, 5) is 66.9. The van der Waals surface area contributed by atoms with Crippen molar-refractivity contribution in [3.63, 3.8) is 0 Å². The molecule has 5 atom stereocenters. The number of carbonyl (C=O) groups excluding carboxylic acids is 4. The zero-order chi connectivity index (χ0) is 36.0. The van der Waals surface area contributed by atoms with E-state index >= 15 is 0 Å². The monoisotopic (exact) mass is 682 g/mol. The van der Waals surface area contributed by atoms with E-state index in [-0.39, 0.29) is 31.4 Å². The Hall–Kier alpha value is -4.30. The van der Waals surface area contributed by atoms with Gasteiger partial charge in [0.1, 0.15) is 29.0 Å². The first kappa shape index (κ1) is 38.2. The lowest BCUT2D eigenvalue weighted by molar-refractivity contribution is -0.145. The zero-order valence-corrected chi connectivity index (χ0v) is 27.9. The second-order valence-electron chi connectivity index (χ2n) is 13.2. The van der Waals surface area contributed by atoms with Crippen LogP contribution in [0.4, 0.5) is 18.0 Å². The number of amides is 4. The van der Waals surface area contributed by atoms with Gasteiger partial charge in [-0.2, -0.15) is 13.2 Å². The lowest BCUT2D eigenvalue weighted by Gasteiger charge is -2.30. The average Bonchev–Trinajstić information content (AvgIpc) is 3.56. The molecule has 0 unspecified atom stereocenters. The van der Waals surface area contributed by atoms with Crippen LogP contribution in [-0.2, 0) is 25.3 Å². The summed E-state index contributed by atoms with van der Waals surface area (Å²) in [5.41, 5.74) is -3.96. The predicted molar refractivity (Wildman–Crippen MR) is 168 cm³/mol. The Bertz CT molecular complexity index is 1400. The van der Waals surface area contributed by atoms with Crippen molar-refractivity contribution in [3.05, 3.63) is 42.0 Å². The fourth-order valence-electron chi connectivity index (χ4n) is 5.77. The van der Waals surface area contributed by atoms with Gasteiger partial charge in [-0.3, -0.25) is 14.4 Å². The summed E-state index contributed by atoms with van der Waals surface area (Å²) in [6.07, 6.45) is -0.966. The first-order valence-electron chi connectivity index (χ1n) is 15.9. The van der Waals surface area contributed by atoms with Crippen molar-refractivity contribution in [2.45, 2.75) is 108 Å². The molecule has 2 aliphatic rings. The molecule has 4 amide bonds. The van der Waals surface area contributed by atoms with Crippen LogP contribution in [0.1, 0.15) is 88.6 Å². The van der Waals surface area contributed by atoms with Gasteiger partial charge in [-0.15, -0.1) is 6.58 Å². The Balaban J connectivity index is 1.91. The van der Waals surface area contributed by atoms with Gasteiger partial charge in [-0.25, -0.2) is 9.59 Å². The Morgan fingerprint density at radius 2 is 1.83 bits per heavy atom. The molecule has 0 radical (unpaired) electrons. The van der Waals surface area contributed by atoms with Crippen LogP contribution in [0.2, 0.25) is 0 Å². The normalized spacial score (nSPS) is 22.7. The van der Waals surface area contributed by atoms with E-state index in [1.807, 2.05) is 6.92 Å². The number of nitrogens with zero attached hydrogens (tertiary/aromatic N) is 1. The molecule has 3 rings (SSSR count). The van der Waals surface area contributed by atoms with Crippen molar-refractivity contribution >= 4 is 29.8 Å². The Kier molecular flexibility index (Phi) is 12.1. The second kappa shape index (κ2) is 15.3. The van der Waals surface area contributed by atoms with Crippen molar-refractivity contribution in [2.75, 3.05) is 13.7 Å². The number of rotatable bonds is 14. The predicted octanol–water partition coefficient (Wildman–Crippen LogP) is 4.42. The minimum atomic E-state index is -4.80. The number of hydrogen-bond donors (Lipinski definition) is 4. The van der Waals surface area contributed by atoms with E-state index in [1.165, 1.54) is 6.08 Å². The van der Waals surface area contributed by atoms with Crippen LogP contribution in [0, 0.1) is 5.92 Å². The largest absolute Gasteiger partial charge is 0.496 e. The van der Waals surface area contributed by atoms with Crippen LogP contribution < -0.4 is 20.7 Å². The molecule has 266 valence electrons. The molecule has 0 aromatic heterocycles. The van der Waals surface area contributed by atoms with Crippen LogP contribution in [-0.4, -0.2) is 82.7 Å². The molecular formula is C33H45F3N4O8. The van der Waals surface area contributed by atoms with Crippen LogP contribution >= 0.6 is 0 Å². The number of unbranched alkanes of at least 4 members (excludes halogenated alkanes) is 3. The van der Waals surface area contributed by atoms with Gasteiger partial charge in [0.25, 0.3) is 5.91 Å². The fraction of sp³-hybridized carbons (Fsp3) is 0.606. The number of halogens is 3. The van der Waals surface area contributed by atoms with Gasteiger partial charge in [0.15, 0.2) is 0 Å². The fourth-order valence-corrected chi connectivity index (χ4v) is 5.77. The summed E-state index contributed by atoms with van der Waals surface area (Å²) >= 11 is 0. The first-order chi connectivity index (χ1) is 22.4. The number of nitrogens with one attached hydrogen (secondary N) is 3. The number of likely N-dealkylation sites (tertiary alicyclic amines) is 1. The standard InChI is InChI=1S/C33H45F3N4O8/c1-7-9-10-11-12-23(38-30(46)48-31(3,4)5)28(43)40-18-21(16-24(40)27(42)39-32(29(44)45)17-20(32)8-2)37-26(41)19-13-14-25(47-6)22(15-19)33(34,35)36/h8,13-15,20-21,23-24H,2,7,9-12,16-18H2,1,3-6H3,(H,37,41)(H,38,46)(H,39,42)(H,44,45)/t20-,21-,23+,24+,32-/m1/s1. The molecule has 1 saturated carbocycles. The maximum absolute atomic E-state index is 14.1. The highest BCUT2D eigenvalue weighted by atomic mass is 19.4. The smallest absolute Gasteiger partial charge is 0.419 e. The van der Waals surface area contributed by atoms with Crippen molar-refractivity contribution in [1.29, 1.82) is 0 Å². The van der Waals surface area contributed by atoms with Gasteiger partial charge in [-0.05, 0) is 58.2 Å². The maximum Gasteiger partial charge on any atom is 0.419 e. The van der Waals surface area contributed by atoms with Crippen molar-refractivity contribution in [3.8, 4) is 5.75 Å². The lowest BCUT2D eigenvalue weighted by atomic mass is 10.0. The van der Waals surface area contributed by atoms with E-state index in [1.54, 1.807) is 20.8 Å². The third-order valence-electron chi connectivity index (χ3n) is 8.35. The maximum atomic E-state index is 14.1. The van der Waals surface area contributed by atoms with Gasteiger partial charge in [0, 0.05) is 24.1 Å². The average molecular weight is 683 g/mol.